The number of carboxylic acids is 1. The molecule has 1 N–H and O–H groups in total. The lowest BCUT2D eigenvalue weighted by Gasteiger charge is -2.39. The lowest BCUT2D eigenvalue weighted by atomic mass is 9.75. The highest BCUT2D eigenvalue weighted by Crippen LogP contribution is 2.37. The normalized spacial score (nSPS) is 18.6. The van der Waals surface area contributed by atoms with Crippen LogP contribution in [0.15, 0.2) is 18.2 Å². The number of carbonyl (C=O) groups is 1. The molecule has 0 aliphatic carbocycles. The van der Waals surface area contributed by atoms with E-state index < -0.39 is 11.4 Å². The van der Waals surface area contributed by atoms with Crippen molar-refractivity contribution >= 4 is 5.97 Å². The molecule has 0 amide bonds. The van der Waals surface area contributed by atoms with Crippen molar-refractivity contribution in [1.82, 2.24) is 4.90 Å². The van der Waals surface area contributed by atoms with Crippen molar-refractivity contribution in [3.63, 3.8) is 0 Å². The van der Waals surface area contributed by atoms with Crippen LogP contribution in [0.1, 0.15) is 49.3 Å². The molecule has 1 aliphatic heterocycles. The summed E-state index contributed by atoms with van der Waals surface area (Å²) in [5.74, 6) is -0.601. The van der Waals surface area contributed by atoms with Crippen molar-refractivity contribution in [1.29, 1.82) is 0 Å². The monoisotopic (exact) mass is 289 g/mol. The predicted molar refractivity (Wildman–Crippen MR) is 85.4 cm³/mol. The van der Waals surface area contributed by atoms with Crippen molar-refractivity contribution in [3.05, 3.63) is 34.9 Å². The van der Waals surface area contributed by atoms with Gasteiger partial charge in [0.15, 0.2) is 0 Å². The number of aliphatic carboxylic acids is 1. The van der Waals surface area contributed by atoms with Crippen LogP contribution in [0.25, 0.3) is 0 Å². The first-order valence-electron chi connectivity index (χ1n) is 7.99. The van der Waals surface area contributed by atoms with Crippen LogP contribution in [0.4, 0.5) is 0 Å². The van der Waals surface area contributed by atoms with Crippen LogP contribution < -0.4 is 0 Å². The summed E-state index contributed by atoms with van der Waals surface area (Å²) in [7, 11) is 0. The first-order chi connectivity index (χ1) is 9.97. The predicted octanol–water partition coefficient (Wildman–Crippen LogP) is 3.77. The van der Waals surface area contributed by atoms with Crippen LogP contribution in [0.3, 0.4) is 0 Å². The van der Waals surface area contributed by atoms with Crippen LogP contribution in [0.2, 0.25) is 0 Å². The molecule has 1 heterocycles. The molecule has 0 radical (unpaired) electrons. The Morgan fingerprint density at radius 3 is 2.48 bits per heavy atom. The highest BCUT2D eigenvalue weighted by atomic mass is 16.4. The third-order valence-corrected chi connectivity index (χ3v) is 4.89. The van der Waals surface area contributed by atoms with E-state index in [1.807, 2.05) is 0 Å². The van der Waals surface area contributed by atoms with Gasteiger partial charge in [0.25, 0.3) is 0 Å². The van der Waals surface area contributed by atoms with Gasteiger partial charge >= 0.3 is 5.97 Å². The number of hydrogen-bond donors (Lipinski definition) is 1. The van der Waals surface area contributed by atoms with E-state index in [0.717, 1.165) is 45.3 Å². The second kappa shape index (κ2) is 6.61. The number of piperidine rings is 1. The number of carboxylic acid groups (broad SMARTS) is 1. The minimum Gasteiger partial charge on any atom is -0.481 e. The van der Waals surface area contributed by atoms with Gasteiger partial charge < -0.3 is 5.11 Å². The Morgan fingerprint density at radius 1 is 1.29 bits per heavy atom. The molecule has 1 aliphatic rings. The fraction of sp³-hybridized carbons (Fsp3) is 0.611. The van der Waals surface area contributed by atoms with Gasteiger partial charge in [-0.15, -0.1) is 0 Å². The molecule has 21 heavy (non-hydrogen) atoms. The molecule has 1 saturated heterocycles. The summed E-state index contributed by atoms with van der Waals surface area (Å²) in [5.41, 5.74) is 3.51. The number of rotatable bonds is 5. The molecular weight excluding hydrogens is 262 g/mol. The van der Waals surface area contributed by atoms with E-state index in [2.05, 4.69) is 43.9 Å². The van der Waals surface area contributed by atoms with Gasteiger partial charge in [-0.3, -0.25) is 9.69 Å². The Bertz CT molecular complexity index is 502. The molecule has 3 nitrogen and oxygen atoms in total. The summed E-state index contributed by atoms with van der Waals surface area (Å²) < 4.78 is 0. The van der Waals surface area contributed by atoms with Crippen LogP contribution >= 0.6 is 0 Å². The van der Waals surface area contributed by atoms with E-state index in [4.69, 9.17) is 0 Å². The number of hydrogen-bond acceptors (Lipinski definition) is 2. The topological polar surface area (TPSA) is 40.5 Å². The number of likely N-dealkylation sites (tertiary alicyclic amines) is 1. The zero-order valence-electron chi connectivity index (χ0n) is 13.5. The second-order valence-corrected chi connectivity index (χ2v) is 6.54. The SMILES string of the molecule is CCCC1(C(=O)O)CCN(Cc2ccc(C)cc2C)CC1. The average molecular weight is 289 g/mol. The van der Waals surface area contributed by atoms with Crippen molar-refractivity contribution in [2.45, 2.75) is 53.0 Å². The van der Waals surface area contributed by atoms with Gasteiger partial charge in [-0.2, -0.15) is 0 Å². The summed E-state index contributed by atoms with van der Waals surface area (Å²) in [5, 5.41) is 9.55. The maximum absolute atomic E-state index is 11.6. The van der Waals surface area contributed by atoms with E-state index in [1.165, 1.54) is 16.7 Å². The molecule has 0 saturated carbocycles. The Morgan fingerprint density at radius 2 is 1.95 bits per heavy atom. The first kappa shape index (κ1) is 16.0. The molecule has 2 rings (SSSR count). The zero-order chi connectivity index (χ0) is 15.5. The van der Waals surface area contributed by atoms with Crippen molar-refractivity contribution in [2.75, 3.05) is 13.1 Å². The van der Waals surface area contributed by atoms with E-state index in [1.54, 1.807) is 0 Å². The molecule has 3 heteroatoms. The molecule has 0 atom stereocenters. The lowest BCUT2D eigenvalue weighted by molar-refractivity contribution is -0.152. The molecule has 0 aromatic heterocycles. The van der Waals surface area contributed by atoms with Crippen LogP contribution in [0, 0.1) is 19.3 Å². The van der Waals surface area contributed by atoms with E-state index in [9.17, 15) is 9.90 Å². The van der Waals surface area contributed by atoms with Crippen molar-refractivity contribution in [3.8, 4) is 0 Å². The maximum Gasteiger partial charge on any atom is 0.309 e. The minimum absolute atomic E-state index is 0.479. The Kier molecular flexibility index (Phi) is 5.04. The third kappa shape index (κ3) is 3.65. The minimum atomic E-state index is -0.601. The van der Waals surface area contributed by atoms with Gasteiger partial charge in [0.05, 0.1) is 5.41 Å². The quantitative estimate of drug-likeness (QED) is 0.897. The van der Waals surface area contributed by atoms with Gasteiger partial charge in [-0.05, 0) is 57.3 Å². The Labute approximate surface area is 128 Å². The molecule has 0 spiro atoms. The number of nitrogens with zero attached hydrogens (tertiary/aromatic N) is 1. The lowest BCUT2D eigenvalue weighted by Crippen LogP contribution is -2.44. The summed E-state index contributed by atoms with van der Waals surface area (Å²) in [6.07, 6.45) is 3.31. The highest BCUT2D eigenvalue weighted by Gasteiger charge is 2.40. The molecule has 0 bridgehead atoms. The standard InChI is InChI=1S/C18H27NO2/c1-4-7-18(17(20)21)8-10-19(11-9-18)13-16-6-5-14(2)12-15(16)3/h5-6,12H,4,7-11,13H2,1-3H3,(H,20,21). The number of benzene rings is 1. The average Bonchev–Trinajstić information content (AvgIpc) is 2.44. The first-order valence-corrected chi connectivity index (χ1v) is 7.99. The van der Waals surface area contributed by atoms with Crippen molar-refractivity contribution in [2.24, 2.45) is 5.41 Å². The van der Waals surface area contributed by atoms with Crippen LogP contribution in [0.5, 0.6) is 0 Å². The maximum atomic E-state index is 11.6. The fourth-order valence-electron chi connectivity index (χ4n) is 3.45. The Hall–Kier alpha value is -1.35. The van der Waals surface area contributed by atoms with E-state index >= 15 is 0 Å². The smallest absolute Gasteiger partial charge is 0.309 e. The number of aryl methyl sites for hydroxylation is 2. The summed E-state index contributed by atoms with van der Waals surface area (Å²) >= 11 is 0. The molecule has 1 aromatic rings. The van der Waals surface area contributed by atoms with Gasteiger partial charge in [0.2, 0.25) is 0 Å². The molecular formula is C18H27NO2. The van der Waals surface area contributed by atoms with Crippen LogP contribution in [-0.4, -0.2) is 29.1 Å². The summed E-state index contributed by atoms with van der Waals surface area (Å²) in [6.45, 7) is 9.06. The fourth-order valence-corrected chi connectivity index (χ4v) is 3.45. The van der Waals surface area contributed by atoms with Gasteiger partial charge in [-0.1, -0.05) is 37.1 Å². The molecule has 1 fully saturated rings. The Balaban J connectivity index is 1.99. The molecule has 0 unspecified atom stereocenters. The summed E-state index contributed by atoms with van der Waals surface area (Å²) in [4.78, 5) is 14.0. The zero-order valence-corrected chi connectivity index (χ0v) is 13.5. The summed E-state index contributed by atoms with van der Waals surface area (Å²) in [6, 6.07) is 6.58. The highest BCUT2D eigenvalue weighted by molar-refractivity contribution is 5.74. The van der Waals surface area contributed by atoms with Gasteiger partial charge in [0.1, 0.15) is 0 Å². The van der Waals surface area contributed by atoms with E-state index in [0.29, 0.717) is 0 Å². The molecule has 116 valence electrons. The molecule has 1 aromatic carbocycles. The van der Waals surface area contributed by atoms with Crippen LogP contribution in [-0.2, 0) is 11.3 Å². The largest absolute Gasteiger partial charge is 0.481 e. The second-order valence-electron chi connectivity index (χ2n) is 6.54. The van der Waals surface area contributed by atoms with Gasteiger partial charge in [0, 0.05) is 6.54 Å². The third-order valence-electron chi connectivity index (χ3n) is 4.89. The van der Waals surface area contributed by atoms with Crippen molar-refractivity contribution < 1.29 is 9.90 Å². The van der Waals surface area contributed by atoms with E-state index in [-0.39, 0.29) is 0 Å². The van der Waals surface area contributed by atoms with Gasteiger partial charge in [-0.25, -0.2) is 0 Å².